The van der Waals surface area contributed by atoms with Crippen LogP contribution >= 0.6 is 11.8 Å². The molecule has 0 N–H and O–H groups in total. The second-order valence-corrected chi connectivity index (χ2v) is 9.82. The van der Waals surface area contributed by atoms with Gasteiger partial charge in [-0.05, 0) is 35.6 Å². The number of nitrogens with zero attached hydrogens (tertiary/aromatic N) is 3. The van der Waals surface area contributed by atoms with Crippen molar-refractivity contribution in [3.05, 3.63) is 65.2 Å². The Kier molecular flexibility index (Phi) is 6.96. The first-order valence-electron chi connectivity index (χ1n) is 9.42. The van der Waals surface area contributed by atoms with Crippen molar-refractivity contribution in [2.45, 2.75) is 17.6 Å². The number of thioether (sulfide) groups is 1. The highest BCUT2D eigenvalue weighted by molar-refractivity contribution is 7.98. The first-order chi connectivity index (χ1) is 14.0. The zero-order valence-corrected chi connectivity index (χ0v) is 17.9. The lowest BCUT2D eigenvalue weighted by Gasteiger charge is -2.34. The van der Waals surface area contributed by atoms with Gasteiger partial charge in [-0.1, -0.05) is 31.2 Å². The van der Waals surface area contributed by atoms with Gasteiger partial charge in [0.25, 0.3) is 5.91 Å². The van der Waals surface area contributed by atoms with E-state index in [0.717, 1.165) is 11.5 Å². The summed E-state index contributed by atoms with van der Waals surface area (Å²) in [6, 6.07) is 15.7. The second-order valence-electron chi connectivity index (χ2n) is 6.64. The summed E-state index contributed by atoms with van der Waals surface area (Å²) < 4.78 is 27.2. The molecule has 3 rings (SSSR count). The van der Waals surface area contributed by atoms with Crippen molar-refractivity contribution in [1.82, 2.24) is 9.21 Å². The normalized spacial score (nSPS) is 15.1. The fourth-order valence-corrected chi connectivity index (χ4v) is 5.40. The summed E-state index contributed by atoms with van der Waals surface area (Å²) in [4.78, 5) is 14.5. The van der Waals surface area contributed by atoms with Gasteiger partial charge >= 0.3 is 0 Å². The Morgan fingerprint density at radius 3 is 2.34 bits per heavy atom. The molecule has 2 aromatic carbocycles. The maximum atomic E-state index is 12.9. The van der Waals surface area contributed by atoms with E-state index < -0.39 is 10.0 Å². The van der Waals surface area contributed by atoms with Crippen LogP contribution in [0.5, 0.6) is 0 Å². The Bertz CT molecular complexity index is 1010. The number of rotatable bonds is 6. The van der Waals surface area contributed by atoms with Crippen molar-refractivity contribution in [2.24, 2.45) is 0 Å². The van der Waals surface area contributed by atoms with Crippen LogP contribution in [0.1, 0.15) is 28.4 Å². The molecule has 1 fully saturated rings. The maximum absolute atomic E-state index is 12.9. The fourth-order valence-electron chi connectivity index (χ4n) is 3.20. The van der Waals surface area contributed by atoms with E-state index in [4.69, 9.17) is 0 Å². The molecule has 29 heavy (non-hydrogen) atoms. The Balaban J connectivity index is 1.65. The molecule has 0 unspecified atom stereocenters. The highest BCUT2D eigenvalue weighted by Crippen LogP contribution is 2.22. The monoisotopic (exact) mass is 429 g/mol. The van der Waals surface area contributed by atoms with Gasteiger partial charge in [0, 0.05) is 37.5 Å². The molecule has 2 aromatic rings. The summed E-state index contributed by atoms with van der Waals surface area (Å²) in [5.41, 5.74) is 1.93. The Labute approximate surface area is 176 Å². The molecule has 0 aliphatic carbocycles. The third kappa shape index (κ3) is 4.81. The van der Waals surface area contributed by atoms with Crippen LogP contribution in [0.4, 0.5) is 0 Å². The van der Waals surface area contributed by atoms with E-state index in [1.807, 2.05) is 42.1 Å². The lowest BCUT2D eigenvalue weighted by molar-refractivity contribution is 0.0698. The summed E-state index contributed by atoms with van der Waals surface area (Å²) in [6.07, 6.45) is 0. The molecule has 152 valence electrons. The van der Waals surface area contributed by atoms with Crippen LogP contribution < -0.4 is 0 Å². The largest absolute Gasteiger partial charge is 0.336 e. The fraction of sp³-hybridized carbons (Fsp3) is 0.333. The molecule has 1 heterocycles. The predicted octanol–water partition coefficient (Wildman–Crippen LogP) is 2.96. The number of hydrogen-bond acceptors (Lipinski definition) is 5. The van der Waals surface area contributed by atoms with Crippen molar-refractivity contribution in [3.8, 4) is 6.07 Å². The van der Waals surface area contributed by atoms with E-state index in [0.29, 0.717) is 18.7 Å². The Morgan fingerprint density at radius 1 is 1.07 bits per heavy atom. The number of carbonyl (C=O) groups excluding carboxylic acids is 1. The van der Waals surface area contributed by atoms with Crippen molar-refractivity contribution in [3.63, 3.8) is 0 Å². The van der Waals surface area contributed by atoms with Crippen LogP contribution in [0, 0.1) is 11.3 Å². The van der Waals surface area contributed by atoms with Crippen LogP contribution in [0.15, 0.2) is 53.4 Å². The molecule has 1 saturated heterocycles. The molecule has 0 bridgehead atoms. The van der Waals surface area contributed by atoms with E-state index in [-0.39, 0.29) is 29.5 Å². The number of benzene rings is 2. The second kappa shape index (κ2) is 9.44. The Hall–Kier alpha value is -2.34. The van der Waals surface area contributed by atoms with E-state index in [1.165, 1.54) is 22.0 Å². The van der Waals surface area contributed by atoms with Crippen LogP contribution in [0.3, 0.4) is 0 Å². The van der Waals surface area contributed by atoms with Crippen LogP contribution in [0.25, 0.3) is 0 Å². The van der Waals surface area contributed by atoms with Gasteiger partial charge in [-0.15, -0.1) is 0 Å². The Morgan fingerprint density at radius 2 is 1.72 bits per heavy atom. The number of sulfonamides is 1. The number of piperazine rings is 1. The van der Waals surface area contributed by atoms with E-state index in [9.17, 15) is 18.5 Å². The van der Waals surface area contributed by atoms with E-state index in [2.05, 4.69) is 6.92 Å². The van der Waals surface area contributed by atoms with Crippen molar-refractivity contribution in [2.75, 3.05) is 31.9 Å². The summed E-state index contributed by atoms with van der Waals surface area (Å²) in [7, 11) is -3.76. The molecule has 8 heteroatoms. The van der Waals surface area contributed by atoms with E-state index >= 15 is 0 Å². The molecule has 1 aliphatic rings. The zero-order chi connectivity index (χ0) is 20.9. The molecule has 0 saturated carbocycles. The first kappa shape index (κ1) is 21.4. The molecule has 0 radical (unpaired) electrons. The van der Waals surface area contributed by atoms with Crippen LogP contribution in [0.2, 0.25) is 0 Å². The van der Waals surface area contributed by atoms with Crippen LogP contribution in [-0.4, -0.2) is 55.5 Å². The average molecular weight is 430 g/mol. The minimum Gasteiger partial charge on any atom is -0.336 e. The van der Waals surface area contributed by atoms with Gasteiger partial charge in [0.1, 0.15) is 6.07 Å². The molecule has 0 atom stereocenters. The number of hydrogen-bond donors (Lipinski definition) is 0. The number of carbonyl (C=O) groups is 1. The van der Waals surface area contributed by atoms with Crippen molar-refractivity contribution in [1.29, 1.82) is 5.26 Å². The molecular formula is C21H23N3O3S2. The van der Waals surface area contributed by atoms with Gasteiger partial charge in [0.15, 0.2) is 0 Å². The summed E-state index contributed by atoms with van der Waals surface area (Å²) >= 11 is 1.83. The summed E-state index contributed by atoms with van der Waals surface area (Å²) in [5.74, 6) is 1.88. The third-order valence-corrected chi connectivity index (χ3v) is 7.73. The lowest BCUT2D eigenvalue weighted by Crippen LogP contribution is -2.50. The zero-order valence-electron chi connectivity index (χ0n) is 16.2. The van der Waals surface area contributed by atoms with Gasteiger partial charge in [-0.3, -0.25) is 4.79 Å². The maximum Gasteiger partial charge on any atom is 0.253 e. The predicted molar refractivity (Wildman–Crippen MR) is 114 cm³/mol. The topological polar surface area (TPSA) is 81.5 Å². The number of nitriles is 1. The average Bonchev–Trinajstić information content (AvgIpc) is 2.77. The van der Waals surface area contributed by atoms with Gasteiger partial charge < -0.3 is 4.90 Å². The van der Waals surface area contributed by atoms with Gasteiger partial charge in [0.2, 0.25) is 10.0 Å². The lowest BCUT2D eigenvalue weighted by atomic mass is 10.1. The van der Waals surface area contributed by atoms with Gasteiger partial charge in [-0.25, -0.2) is 8.42 Å². The van der Waals surface area contributed by atoms with Crippen molar-refractivity contribution < 1.29 is 13.2 Å². The number of amides is 1. The van der Waals surface area contributed by atoms with Gasteiger partial charge in [0.05, 0.1) is 10.5 Å². The van der Waals surface area contributed by atoms with E-state index in [1.54, 1.807) is 17.0 Å². The molecule has 0 aromatic heterocycles. The molecule has 1 amide bonds. The van der Waals surface area contributed by atoms with Crippen LogP contribution in [-0.2, 0) is 15.8 Å². The smallest absolute Gasteiger partial charge is 0.253 e. The quantitative estimate of drug-likeness (QED) is 0.705. The minimum atomic E-state index is -3.76. The molecular weight excluding hydrogens is 406 g/mol. The third-order valence-electron chi connectivity index (χ3n) is 4.82. The van der Waals surface area contributed by atoms with Gasteiger partial charge in [-0.2, -0.15) is 21.3 Å². The molecule has 6 nitrogen and oxygen atoms in total. The standard InChI is InChI=1S/C21H23N3O3S2/c1-2-28-16-17-7-9-18(10-8-17)21(25)23-11-13-24(14-12-23)29(26,27)20-6-4-3-5-19(20)15-22/h3-10H,2,11-14,16H2,1H3. The SMILES string of the molecule is CCSCc1ccc(C(=O)N2CCN(S(=O)(=O)c3ccccc3C#N)CC2)cc1. The summed E-state index contributed by atoms with van der Waals surface area (Å²) in [5, 5.41) is 9.20. The molecule has 1 aliphatic heterocycles. The minimum absolute atomic E-state index is 0.0165. The highest BCUT2D eigenvalue weighted by atomic mass is 32.2. The molecule has 0 spiro atoms. The highest BCUT2D eigenvalue weighted by Gasteiger charge is 2.31. The van der Waals surface area contributed by atoms with Crippen molar-refractivity contribution >= 4 is 27.7 Å². The summed E-state index contributed by atoms with van der Waals surface area (Å²) in [6.45, 7) is 3.17. The first-order valence-corrected chi connectivity index (χ1v) is 12.0.